The van der Waals surface area contributed by atoms with Gasteiger partial charge in [0, 0.05) is 18.2 Å². The number of likely N-dealkylation sites (N-methyl/N-ethyl adjacent to an activating group) is 1. The predicted molar refractivity (Wildman–Crippen MR) is 67.2 cm³/mol. The maximum absolute atomic E-state index is 10.5. The van der Waals surface area contributed by atoms with Crippen molar-refractivity contribution in [1.82, 2.24) is 4.90 Å². The summed E-state index contributed by atoms with van der Waals surface area (Å²) in [6.07, 6.45) is 2.64. The third-order valence-corrected chi connectivity index (χ3v) is 2.12. The largest absolute Gasteiger partial charge is 0.492 e. The summed E-state index contributed by atoms with van der Waals surface area (Å²) >= 11 is 0. The van der Waals surface area contributed by atoms with E-state index in [1.165, 1.54) is 6.08 Å². The van der Waals surface area contributed by atoms with Gasteiger partial charge in [-0.25, -0.2) is 4.79 Å². The van der Waals surface area contributed by atoms with Crippen LogP contribution in [0.4, 0.5) is 0 Å². The molecule has 0 amide bonds. The zero-order chi connectivity index (χ0) is 12.7. The molecule has 0 aliphatic carbocycles. The molecule has 0 radical (unpaired) electrons. The Bertz CT molecular complexity index is 399. The molecule has 1 N–H and O–H groups in total. The van der Waals surface area contributed by atoms with Crippen molar-refractivity contribution in [3.8, 4) is 5.75 Å². The molecule has 0 saturated carbocycles. The molecule has 0 aromatic heterocycles. The molecule has 0 unspecified atom stereocenters. The van der Waals surface area contributed by atoms with E-state index in [0.29, 0.717) is 12.4 Å². The van der Waals surface area contributed by atoms with Crippen LogP contribution in [0.2, 0.25) is 0 Å². The summed E-state index contributed by atoms with van der Waals surface area (Å²) in [7, 11) is 3.94. The summed E-state index contributed by atoms with van der Waals surface area (Å²) in [4.78, 5) is 12.5. The summed E-state index contributed by atoms with van der Waals surface area (Å²) in [5.41, 5.74) is 0.772. The molecule has 4 nitrogen and oxygen atoms in total. The van der Waals surface area contributed by atoms with Gasteiger partial charge in [0.2, 0.25) is 0 Å². The van der Waals surface area contributed by atoms with Crippen molar-refractivity contribution >= 4 is 12.0 Å². The number of carboxylic acids is 1. The van der Waals surface area contributed by atoms with Crippen LogP contribution >= 0.6 is 0 Å². The Kier molecular flexibility index (Phi) is 5.23. The first-order valence-electron chi connectivity index (χ1n) is 5.37. The van der Waals surface area contributed by atoms with Gasteiger partial charge in [-0.3, -0.25) is 0 Å². The first kappa shape index (κ1) is 13.3. The number of para-hydroxylation sites is 1. The number of nitrogens with zero attached hydrogens (tertiary/aromatic N) is 1. The van der Waals surface area contributed by atoms with Crippen molar-refractivity contribution in [2.75, 3.05) is 27.2 Å². The highest BCUT2D eigenvalue weighted by Crippen LogP contribution is 2.19. The first-order chi connectivity index (χ1) is 8.09. The molecule has 0 saturated heterocycles. The van der Waals surface area contributed by atoms with E-state index >= 15 is 0 Å². The lowest BCUT2D eigenvalue weighted by Gasteiger charge is -2.12. The molecule has 0 spiro atoms. The van der Waals surface area contributed by atoms with Gasteiger partial charge in [0.15, 0.2) is 0 Å². The highest BCUT2D eigenvalue weighted by molar-refractivity contribution is 5.85. The predicted octanol–water partition coefficient (Wildman–Crippen LogP) is 1.72. The first-order valence-corrected chi connectivity index (χ1v) is 5.37. The normalized spacial score (nSPS) is 11.0. The zero-order valence-electron chi connectivity index (χ0n) is 10.1. The standard InChI is InChI=1S/C13H17NO3/c1-14(2)9-10-17-12-6-4-3-5-11(12)7-8-13(15)16/h3-8H,9-10H2,1-2H3,(H,15,16). The lowest BCUT2D eigenvalue weighted by molar-refractivity contribution is -0.131. The molecule has 92 valence electrons. The highest BCUT2D eigenvalue weighted by Gasteiger charge is 2.00. The van der Waals surface area contributed by atoms with Crippen LogP contribution in [0.25, 0.3) is 6.08 Å². The van der Waals surface area contributed by atoms with Gasteiger partial charge >= 0.3 is 5.97 Å². The number of ether oxygens (including phenoxy) is 1. The molecule has 17 heavy (non-hydrogen) atoms. The minimum Gasteiger partial charge on any atom is -0.492 e. The number of hydrogen-bond donors (Lipinski definition) is 1. The Labute approximate surface area is 101 Å². The summed E-state index contributed by atoms with van der Waals surface area (Å²) in [6.45, 7) is 1.39. The van der Waals surface area contributed by atoms with Crippen LogP contribution in [0, 0.1) is 0 Å². The van der Waals surface area contributed by atoms with E-state index in [1.54, 1.807) is 0 Å². The van der Waals surface area contributed by atoms with Crippen LogP contribution in [0.1, 0.15) is 5.56 Å². The lowest BCUT2D eigenvalue weighted by atomic mass is 10.2. The van der Waals surface area contributed by atoms with Gasteiger partial charge in [-0.05, 0) is 26.2 Å². The molecule has 0 fully saturated rings. The minimum atomic E-state index is -0.965. The highest BCUT2D eigenvalue weighted by atomic mass is 16.5. The van der Waals surface area contributed by atoms with Crippen LogP contribution in [0.5, 0.6) is 5.75 Å². The van der Waals surface area contributed by atoms with E-state index in [2.05, 4.69) is 0 Å². The van der Waals surface area contributed by atoms with Gasteiger partial charge < -0.3 is 14.7 Å². The molecule has 0 aliphatic heterocycles. The molecule has 0 aliphatic rings. The third kappa shape index (κ3) is 5.17. The second-order valence-corrected chi connectivity index (χ2v) is 3.86. The second kappa shape index (κ2) is 6.70. The van der Waals surface area contributed by atoms with Crippen molar-refractivity contribution in [2.24, 2.45) is 0 Å². The van der Waals surface area contributed by atoms with Crippen molar-refractivity contribution in [3.05, 3.63) is 35.9 Å². The van der Waals surface area contributed by atoms with Crippen molar-refractivity contribution in [3.63, 3.8) is 0 Å². The Hall–Kier alpha value is -1.81. The van der Waals surface area contributed by atoms with Gasteiger partial charge in [0.25, 0.3) is 0 Å². The Morgan fingerprint density at radius 3 is 2.76 bits per heavy atom. The smallest absolute Gasteiger partial charge is 0.328 e. The van der Waals surface area contributed by atoms with Crippen molar-refractivity contribution in [2.45, 2.75) is 0 Å². The summed E-state index contributed by atoms with van der Waals surface area (Å²) in [5, 5.41) is 8.58. The molecular formula is C13H17NO3. The fraction of sp³-hybridized carbons (Fsp3) is 0.308. The second-order valence-electron chi connectivity index (χ2n) is 3.86. The van der Waals surface area contributed by atoms with Gasteiger partial charge in [-0.15, -0.1) is 0 Å². The molecule has 0 bridgehead atoms. The molecule has 0 heterocycles. The Balaban J connectivity index is 2.67. The maximum atomic E-state index is 10.5. The van der Waals surface area contributed by atoms with E-state index in [0.717, 1.165) is 18.2 Å². The molecule has 1 rings (SSSR count). The minimum absolute atomic E-state index is 0.574. The number of carboxylic acid groups (broad SMARTS) is 1. The van der Waals surface area contributed by atoms with Crippen molar-refractivity contribution < 1.29 is 14.6 Å². The maximum Gasteiger partial charge on any atom is 0.328 e. The van der Waals surface area contributed by atoms with E-state index in [4.69, 9.17) is 9.84 Å². The third-order valence-electron chi connectivity index (χ3n) is 2.12. The number of aliphatic carboxylic acids is 1. The summed E-state index contributed by atoms with van der Waals surface area (Å²) < 4.78 is 5.59. The number of benzene rings is 1. The number of carbonyl (C=O) groups is 1. The van der Waals surface area contributed by atoms with Crippen LogP contribution in [0.15, 0.2) is 30.3 Å². The van der Waals surface area contributed by atoms with E-state index in [9.17, 15) is 4.79 Å². The van der Waals surface area contributed by atoms with Gasteiger partial charge in [0.1, 0.15) is 12.4 Å². The van der Waals surface area contributed by atoms with Crippen LogP contribution in [0.3, 0.4) is 0 Å². The monoisotopic (exact) mass is 235 g/mol. The van der Waals surface area contributed by atoms with E-state index < -0.39 is 5.97 Å². The molecule has 4 heteroatoms. The lowest BCUT2D eigenvalue weighted by Crippen LogP contribution is -2.19. The zero-order valence-corrected chi connectivity index (χ0v) is 10.1. The fourth-order valence-electron chi connectivity index (χ4n) is 1.25. The molecule has 1 aromatic rings. The average molecular weight is 235 g/mol. The quantitative estimate of drug-likeness (QED) is 0.763. The van der Waals surface area contributed by atoms with E-state index in [-0.39, 0.29) is 0 Å². The Morgan fingerprint density at radius 1 is 1.41 bits per heavy atom. The Morgan fingerprint density at radius 2 is 2.12 bits per heavy atom. The summed E-state index contributed by atoms with van der Waals surface area (Å²) in [5.74, 6) is -0.264. The molecular weight excluding hydrogens is 218 g/mol. The SMILES string of the molecule is CN(C)CCOc1ccccc1C=CC(=O)O. The van der Waals surface area contributed by atoms with Gasteiger partial charge in [-0.1, -0.05) is 18.2 Å². The van der Waals surface area contributed by atoms with E-state index in [1.807, 2.05) is 43.3 Å². The fourth-order valence-corrected chi connectivity index (χ4v) is 1.25. The number of rotatable bonds is 6. The van der Waals surface area contributed by atoms with Gasteiger partial charge in [0.05, 0.1) is 0 Å². The van der Waals surface area contributed by atoms with Crippen LogP contribution in [-0.2, 0) is 4.79 Å². The molecule has 1 aromatic carbocycles. The number of hydrogen-bond acceptors (Lipinski definition) is 3. The summed E-state index contributed by atoms with van der Waals surface area (Å²) in [6, 6.07) is 7.37. The van der Waals surface area contributed by atoms with Gasteiger partial charge in [-0.2, -0.15) is 0 Å². The average Bonchev–Trinajstić information content (AvgIpc) is 2.27. The van der Waals surface area contributed by atoms with Crippen molar-refractivity contribution in [1.29, 1.82) is 0 Å². The molecule has 0 atom stereocenters. The van der Waals surface area contributed by atoms with Crippen LogP contribution in [-0.4, -0.2) is 43.2 Å². The van der Waals surface area contributed by atoms with Crippen LogP contribution < -0.4 is 4.74 Å². The topological polar surface area (TPSA) is 49.8 Å².